The van der Waals surface area contributed by atoms with Crippen LogP contribution in [0.1, 0.15) is 46.4 Å². The van der Waals surface area contributed by atoms with Crippen LogP contribution in [0.3, 0.4) is 0 Å². The minimum Gasteiger partial charge on any atom is -0.366 e. The highest BCUT2D eigenvalue weighted by molar-refractivity contribution is 7.08. The Morgan fingerprint density at radius 2 is 1.63 bits per heavy atom. The minimum atomic E-state index is -0.460. The minimum absolute atomic E-state index is 0.0351. The van der Waals surface area contributed by atoms with Crippen molar-refractivity contribution < 1.29 is 14.0 Å². The summed E-state index contributed by atoms with van der Waals surface area (Å²) in [5.41, 5.74) is 12.4. The number of hydrogen-bond donors (Lipinski definition) is 1. The summed E-state index contributed by atoms with van der Waals surface area (Å²) in [6.45, 7) is 1.57. The van der Waals surface area contributed by atoms with Gasteiger partial charge in [0, 0.05) is 28.6 Å². The van der Waals surface area contributed by atoms with E-state index in [1.165, 1.54) is 12.1 Å². The zero-order valence-corrected chi connectivity index (χ0v) is 19.9. The molecule has 35 heavy (non-hydrogen) atoms. The number of nitrogens with zero attached hydrogens (tertiary/aromatic N) is 1. The molecule has 0 bridgehead atoms. The van der Waals surface area contributed by atoms with Gasteiger partial charge in [0.05, 0.1) is 11.7 Å². The number of benzene rings is 3. The van der Waals surface area contributed by atoms with Crippen LogP contribution in [-0.4, -0.2) is 11.7 Å². The van der Waals surface area contributed by atoms with Crippen molar-refractivity contribution >= 4 is 40.5 Å². The number of fused-ring (bicyclic) bond motifs is 1. The monoisotopic (exact) mass is 482 g/mol. The van der Waals surface area contributed by atoms with Gasteiger partial charge in [-0.2, -0.15) is 11.3 Å². The third-order valence-electron chi connectivity index (χ3n) is 6.22. The maximum atomic E-state index is 14.3. The molecule has 1 aliphatic heterocycles. The van der Waals surface area contributed by atoms with E-state index in [1.807, 2.05) is 41.8 Å². The highest BCUT2D eigenvalue weighted by Crippen LogP contribution is 2.44. The molecule has 4 aromatic rings. The normalized spacial score (nSPS) is 14.9. The second kappa shape index (κ2) is 9.31. The number of primary amides is 1. The van der Waals surface area contributed by atoms with Gasteiger partial charge >= 0.3 is 0 Å². The van der Waals surface area contributed by atoms with E-state index in [0.717, 1.165) is 39.2 Å². The summed E-state index contributed by atoms with van der Waals surface area (Å²) in [6.07, 6.45) is 2.32. The van der Waals surface area contributed by atoms with Gasteiger partial charge in [-0.1, -0.05) is 30.3 Å². The molecule has 0 saturated heterocycles. The summed E-state index contributed by atoms with van der Waals surface area (Å²) in [5, 5.41) is 4.10. The molecule has 2 N–H and O–H groups in total. The van der Waals surface area contributed by atoms with E-state index in [2.05, 4.69) is 22.4 Å². The maximum Gasteiger partial charge on any atom is 0.248 e. The topological polar surface area (TPSA) is 63.4 Å². The first-order valence-electron chi connectivity index (χ1n) is 11.2. The molecule has 5 rings (SSSR count). The average Bonchev–Trinajstić information content (AvgIpc) is 3.39. The predicted molar refractivity (Wildman–Crippen MR) is 140 cm³/mol. The molecule has 3 aromatic carbocycles. The Morgan fingerprint density at radius 3 is 2.23 bits per heavy atom. The van der Waals surface area contributed by atoms with Crippen LogP contribution in [-0.2, 0) is 4.79 Å². The van der Waals surface area contributed by atoms with Crippen LogP contribution in [0.2, 0.25) is 0 Å². The van der Waals surface area contributed by atoms with E-state index in [9.17, 15) is 14.0 Å². The fourth-order valence-electron chi connectivity index (χ4n) is 4.56. The summed E-state index contributed by atoms with van der Waals surface area (Å²) < 4.78 is 14.3. The molecular weight excluding hydrogens is 459 g/mol. The summed E-state index contributed by atoms with van der Waals surface area (Å²) >= 11 is 1.60. The van der Waals surface area contributed by atoms with Crippen LogP contribution in [0.25, 0.3) is 22.9 Å². The lowest BCUT2D eigenvalue weighted by atomic mass is 9.88. The van der Waals surface area contributed by atoms with Gasteiger partial charge in [0.1, 0.15) is 11.6 Å². The van der Waals surface area contributed by atoms with Gasteiger partial charge in [-0.15, -0.1) is 0 Å². The third kappa shape index (κ3) is 4.53. The standard InChI is InChI=1S/C29H23FN2O2S/c1-18(33)14-28-26-16-24(30)9-6-22(26)15-27(23-12-13-35-17-23)32(28)25-10-7-20(8-11-25)19-2-4-21(5-3-19)29(31)34/h2-13,15-17,28H,14H2,1H3,(H2,31,34). The predicted octanol–water partition coefficient (Wildman–Crippen LogP) is 6.69. The van der Waals surface area contributed by atoms with Crippen molar-refractivity contribution in [2.75, 3.05) is 4.90 Å². The number of ketones is 1. The van der Waals surface area contributed by atoms with Crippen molar-refractivity contribution in [2.45, 2.75) is 19.4 Å². The van der Waals surface area contributed by atoms with Crippen molar-refractivity contribution in [1.82, 2.24) is 0 Å². The first-order chi connectivity index (χ1) is 16.9. The summed E-state index contributed by atoms with van der Waals surface area (Å²) in [5.74, 6) is -0.745. The molecule has 1 amide bonds. The molecule has 0 radical (unpaired) electrons. The molecule has 6 heteroatoms. The number of carbonyl (C=O) groups excluding carboxylic acids is 2. The maximum absolute atomic E-state index is 14.3. The van der Waals surface area contributed by atoms with Gasteiger partial charge < -0.3 is 10.6 Å². The molecule has 2 heterocycles. The van der Waals surface area contributed by atoms with Crippen LogP contribution in [0.5, 0.6) is 0 Å². The van der Waals surface area contributed by atoms with Crippen LogP contribution in [0.15, 0.2) is 83.6 Å². The van der Waals surface area contributed by atoms with Crippen molar-refractivity contribution in [2.24, 2.45) is 5.73 Å². The van der Waals surface area contributed by atoms with E-state index in [1.54, 1.807) is 36.5 Å². The number of Topliss-reactive ketones (excluding diaryl/α,β-unsaturated/α-hetero) is 1. The molecule has 0 saturated carbocycles. The van der Waals surface area contributed by atoms with Crippen molar-refractivity contribution in [3.05, 3.63) is 112 Å². The number of anilines is 1. The Morgan fingerprint density at radius 1 is 0.943 bits per heavy atom. The van der Waals surface area contributed by atoms with E-state index in [-0.39, 0.29) is 24.1 Å². The SMILES string of the molecule is CC(=O)CC1c2cc(F)ccc2C=C(c2ccsc2)N1c1ccc(-c2ccc(C(N)=O)cc2)cc1. The van der Waals surface area contributed by atoms with Crippen LogP contribution < -0.4 is 10.6 Å². The van der Waals surface area contributed by atoms with Gasteiger partial charge in [-0.25, -0.2) is 4.39 Å². The molecule has 1 aliphatic rings. The molecule has 0 spiro atoms. The number of nitrogens with two attached hydrogens (primary N) is 1. The lowest BCUT2D eigenvalue weighted by molar-refractivity contribution is -0.117. The summed E-state index contributed by atoms with van der Waals surface area (Å²) in [4.78, 5) is 25.8. The smallest absolute Gasteiger partial charge is 0.248 e. The molecule has 1 atom stereocenters. The number of thiophene rings is 1. The first kappa shape index (κ1) is 22.7. The number of halogens is 1. The van der Waals surface area contributed by atoms with Crippen molar-refractivity contribution in [1.29, 1.82) is 0 Å². The largest absolute Gasteiger partial charge is 0.366 e. The summed E-state index contributed by atoms with van der Waals surface area (Å²) in [6, 6.07) is 21.7. The Hall–Kier alpha value is -4.03. The van der Waals surface area contributed by atoms with Crippen LogP contribution in [0.4, 0.5) is 10.1 Å². The zero-order chi connectivity index (χ0) is 24.5. The van der Waals surface area contributed by atoms with Gasteiger partial charge in [0.25, 0.3) is 0 Å². The van der Waals surface area contributed by atoms with Gasteiger partial charge in [0.2, 0.25) is 5.91 Å². The fraction of sp³-hybridized carbons (Fsp3) is 0.103. The molecule has 0 aliphatic carbocycles. The molecule has 4 nitrogen and oxygen atoms in total. The lowest BCUT2D eigenvalue weighted by Gasteiger charge is -2.39. The lowest BCUT2D eigenvalue weighted by Crippen LogP contribution is -2.31. The quantitative estimate of drug-likeness (QED) is 0.333. The zero-order valence-electron chi connectivity index (χ0n) is 19.1. The first-order valence-corrected chi connectivity index (χ1v) is 12.2. The Bertz CT molecular complexity index is 1420. The summed E-state index contributed by atoms with van der Waals surface area (Å²) in [7, 11) is 0. The van der Waals surface area contributed by atoms with Crippen molar-refractivity contribution in [3.8, 4) is 11.1 Å². The molecule has 0 fully saturated rings. The Labute approximate surface area is 207 Å². The number of rotatable bonds is 6. The third-order valence-corrected chi connectivity index (χ3v) is 6.90. The number of hydrogen-bond acceptors (Lipinski definition) is 4. The average molecular weight is 483 g/mol. The van der Waals surface area contributed by atoms with Gasteiger partial charge in [-0.3, -0.25) is 9.59 Å². The Balaban J connectivity index is 1.59. The molecule has 174 valence electrons. The van der Waals surface area contributed by atoms with Crippen molar-refractivity contribution in [3.63, 3.8) is 0 Å². The highest BCUT2D eigenvalue weighted by Gasteiger charge is 2.32. The number of amides is 1. The van der Waals surface area contributed by atoms with Gasteiger partial charge in [-0.05, 0) is 83.1 Å². The van der Waals surface area contributed by atoms with Crippen LogP contribution >= 0.6 is 11.3 Å². The molecule has 1 aromatic heterocycles. The number of carbonyl (C=O) groups is 2. The molecular formula is C29H23FN2O2S. The van der Waals surface area contributed by atoms with Crippen LogP contribution in [0, 0.1) is 5.82 Å². The highest BCUT2D eigenvalue weighted by atomic mass is 32.1. The van der Waals surface area contributed by atoms with E-state index >= 15 is 0 Å². The van der Waals surface area contributed by atoms with Gasteiger partial charge in [0.15, 0.2) is 0 Å². The van der Waals surface area contributed by atoms with E-state index in [0.29, 0.717) is 5.56 Å². The Kier molecular flexibility index (Phi) is 6.05. The molecule has 1 unspecified atom stereocenters. The second-order valence-electron chi connectivity index (χ2n) is 8.60. The van der Waals surface area contributed by atoms with E-state index in [4.69, 9.17) is 5.73 Å². The van der Waals surface area contributed by atoms with E-state index < -0.39 is 5.91 Å². The second-order valence-corrected chi connectivity index (χ2v) is 9.38. The fourth-order valence-corrected chi connectivity index (χ4v) is 5.21.